The zero-order valence-electron chi connectivity index (χ0n) is 23.1. The van der Waals surface area contributed by atoms with Gasteiger partial charge in [-0.1, -0.05) is 6.42 Å². The van der Waals surface area contributed by atoms with E-state index in [1.165, 1.54) is 0 Å². The summed E-state index contributed by atoms with van der Waals surface area (Å²) in [5.74, 6) is -0.787. The number of hydrogen-bond acceptors (Lipinski definition) is 7. The minimum Gasteiger partial charge on any atom is -0.366 e. The molecule has 1 aliphatic carbocycles. The van der Waals surface area contributed by atoms with E-state index in [-0.39, 0.29) is 29.6 Å². The van der Waals surface area contributed by atoms with Gasteiger partial charge < -0.3 is 26.2 Å². The number of nitrogens with one attached hydrogen (secondary N) is 4. The molecule has 2 aromatic rings. The Kier molecular flexibility index (Phi) is 9.49. The van der Waals surface area contributed by atoms with Crippen molar-refractivity contribution in [2.45, 2.75) is 64.2 Å². The summed E-state index contributed by atoms with van der Waals surface area (Å²) in [5.41, 5.74) is 0.00715. The summed E-state index contributed by atoms with van der Waals surface area (Å²) in [6.45, 7) is 6.33. The number of halogens is 3. The van der Waals surface area contributed by atoms with E-state index >= 15 is 0 Å². The Morgan fingerprint density at radius 2 is 1.85 bits per heavy atom. The molecule has 2 fully saturated rings. The summed E-state index contributed by atoms with van der Waals surface area (Å²) in [4.78, 5) is 35.5. The van der Waals surface area contributed by atoms with Gasteiger partial charge in [0.25, 0.3) is 5.91 Å². The minimum atomic E-state index is -4.67. The first-order chi connectivity index (χ1) is 19.0. The molecule has 0 bridgehead atoms. The van der Waals surface area contributed by atoms with Crippen LogP contribution in [0.1, 0.15) is 61.9 Å². The molecule has 0 unspecified atom stereocenters. The molecule has 2 amide bonds. The molecule has 3 atom stereocenters. The SMILES string of the molecule is CC(C)NC(=O)[C@H]1CCC[C@H]1Nc1nc(Nc2ccc(C(=O)NC[C@H]3CCCN(C)C3)cc2)ncc1C(F)(F)F. The molecular weight excluding hydrogens is 523 g/mol. The van der Waals surface area contributed by atoms with Crippen molar-refractivity contribution in [3.63, 3.8) is 0 Å². The van der Waals surface area contributed by atoms with Crippen LogP contribution in [0.15, 0.2) is 30.5 Å². The van der Waals surface area contributed by atoms with E-state index in [4.69, 9.17) is 0 Å². The molecule has 2 heterocycles. The van der Waals surface area contributed by atoms with Gasteiger partial charge >= 0.3 is 6.18 Å². The van der Waals surface area contributed by atoms with Gasteiger partial charge in [0.15, 0.2) is 0 Å². The summed E-state index contributed by atoms with van der Waals surface area (Å²) < 4.78 is 41.3. The lowest BCUT2D eigenvalue weighted by atomic mass is 9.98. The Labute approximate surface area is 232 Å². The molecule has 2 aliphatic rings. The highest BCUT2D eigenvalue weighted by Gasteiger charge is 2.39. The average molecular weight is 562 g/mol. The van der Waals surface area contributed by atoms with E-state index in [1.807, 2.05) is 13.8 Å². The zero-order chi connectivity index (χ0) is 28.9. The minimum absolute atomic E-state index is 0.0321. The number of alkyl halides is 3. The number of carbonyl (C=O) groups excluding carboxylic acids is 2. The molecule has 12 heteroatoms. The second kappa shape index (κ2) is 12.8. The molecule has 1 aromatic carbocycles. The van der Waals surface area contributed by atoms with Crippen molar-refractivity contribution in [1.82, 2.24) is 25.5 Å². The van der Waals surface area contributed by atoms with Crippen molar-refractivity contribution < 1.29 is 22.8 Å². The molecule has 4 N–H and O–H groups in total. The summed E-state index contributed by atoms with van der Waals surface area (Å²) in [6.07, 6.45) is 0.145. The van der Waals surface area contributed by atoms with Crippen LogP contribution in [0.2, 0.25) is 0 Å². The summed E-state index contributed by atoms with van der Waals surface area (Å²) in [5, 5.41) is 11.6. The monoisotopic (exact) mass is 561 g/mol. The number of likely N-dealkylation sites (tertiary alicyclic amines) is 1. The molecule has 1 aromatic heterocycles. The van der Waals surface area contributed by atoms with Crippen LogP contribution in [-0.2, 0) is 11.0 Å². The second-order valence-electron chi connectivity index (χ2n) is 11.1. The fourth-order valence-corrected chi connectivity index (χ4v) is 5.39. The standard InChI is InChI=1S/C28H38F3N7O2/c1-17(2)34-26(40)21-7-4-8-23(21)36-24-22(28(29,30)31)15-33-27(37-24)35-20-11-9-19(10-12-20)25(39)32-14-18-6-5-13-38(3)16-18/h9-12,15,17-18,21,23H,4-8,13-14,16H2,1-3H3,(H,32,39)(H,34,40)(H2,33,35,36,37)/t18-,21+,23-/m1/s1. The van der Waals surface area contributed by atoms with Gasteiger partial charge in [-0.3, -0.25) is 9.59 Å². The quantitative estimate of drug-likeness (QED) is 0.359. The number of aromatic nitrogens is 2. The maximum Gasteiger partial charge on any atom is 0.421 e. The predicted molar refractivity (Wildman–Crippen MR) is 147 cm³/mol. The number of carbonyl (C=O) groups is 2. The zero-order valence-corrected chi connectivity index (χ0v) is 23.1. The van der Waals surface area contributed by atoms with Crippen molar-refractivity contribution >= 4 is 29.3 Å². The number of amides is 2. The maximum absolute atomic E-state index is 13.8. The molecule has 0 spiro atoms. The van der Waals surface area contributed by atoms with Crippen LogP contribution < -0.4 is 21.3 Å². The molecule has 218 valence electrons. The number of anilines is 3. The smallest absolute Gasteiger partial charge is 0.366 e. The lowest BCUT2D eigenvalue weighted by molar-refractivity contribution is -0.137. The van der Waals surface area contributed by atoms with Gasteiger partial charge in [-0.15, -0.1) is 0 Å². The van der Waals surface area contributed by atoms with Gasteiger partial charge in [-0.05, 0) is 83.3 Å². The molecule has 40 heavy (non-hydrogen) atoms. The van der Waals surface area contributed by atoms with Crippen molar-refractivity contribution in [2.75, 3.05) is 37.3 Å². The molecule has 9 nitrogen and oxygen atoms in total. The third kappa shape index (κ3) is 7.83. The molecular formula is C28H38F3N7O2. The second-order valence-corrected chi connectivity index (χ2v) is 11.1. The lowest BCUT2D eigenvalue weighted by Gasteiger charge is -2.29. The topological polar surface area (TPSA) is 111 Å². The first-order valence-corrected chi connectivity index (χ1v) is 13.8. The van der Waals surface area contributed by atoms with Crippen LogP contribution >= 0.6 is 0 Å². The summed E-state index contributed by atoms with van der Waals surface area (Å²) >= 11 is 0. The van der Waals surface area contributed by atoms with Crippen LogP contribution in [0.25, 0.3) is 0 Å². The number of piperidine rings is 1. The van der Waals surface area contributed by atoms with E-state index in [0.717, 1.165) is 38.5 Å². The predicted octanol–water partition coefficient (Wildman–Crippen LogP) is 4.42. The Bertz CT molecular complexity index is 1170. The Morgan fingerprint density at radius 3 is 2.52 bits per heavy atom. The third-order valence-corrected chi connectivity index (χ3v) is 7.38. The van der Waals surface area contributed by atoms with E-state index in [1.54, 1.807) is 24.3 Å². The molecule has 1 saturated heterocycles. The van der Waals surface area contributed by atoms with Gasteiger partial charge in [0, 0.05) is 42.6 Å². The van der Waals surface area contributed by atoms with Crippen molar-refractivity contribution in [3.05, 3.63) is 41.6 Å². The van der Waals surface area contributed by atoms with E-state index < -0.39 is 23.7 Å². The fourth-order valence-electron chi connectivity index (χ4n) is 5.39. The van der Waals surface area contributed by atoms with Crippen LogP contribution in [-0.4, -0.2) is 65.4 Å². The Hall–Kier alpha value is -3.41. The molecule has 1 saturated carbocycles. The van der Waals surface area contributed by atoms with E-state index in [9.17, 15) is 22.8 Å². The maximum atomic E-state index is 13.8. The molecule has 1 aliphatic heterocycles. The number of benzene rings is 1. The Morgan fingerprint density at radius 1 is 1.10 bits per heavy atom. The third-order valence-electron chi connectivity index (χ3n) is 7.38. The highest BCUT2D eigenvalue weighted by molar-refractivity contribution is 5.94. The number of hydrogen-bond donors (Lipinski definition) is 4. The van der Waals surface area contributed by atoms with Crippen LogP contribution in [0.4, 0.5) is 30.6 Å². The van der Waals surface area contributed by atoms with Crippen molar-refractivity contribution in [3.8, 4) is 0 Å². The summed E-state index contributed by atoms with van der Waals surface area (Å²) in [7, 11) is 2.08. The van der Waals surface area contributed by atoms with E-state index in [0.29, 0.717) is 36.6 Å². The van der Waals surface area contributed by atoms with Crippen LogP contribution in [0.3, 0.4) is 0 Å². The first kappa shape index (κ1) is 29.6. The van der Waals surface area contributed by atoms with Gasteiger partial charge in [0.1, 0.15) is 11.4 Å². The number of nitrogens with zero attached hydrogens (tertiary/aromatic N) is 3. The van der Waals surface area contributed by atoms with E-state index in [2.05, 4.69) is 43.2 Å². The number of rotatable bonds is 9. The van der Waals surface area contributed by atoms with Crippen molar-refractivity contribution in [2.24, 2.45) is 11.8 Å². The summed E-state index contributed by atoms with van der Waals surface area (Å²) in [6, 6.07) is 6.05. The highest BCUT2D eigenvalue weighted by Crippen LogP contribution is 2.36. The van der Waals surface area contributed by atoms with Crippen LogP contribution in [0.5, 0.6) is 0 Å². The van der Waals surface area contributed by atoms with Crippen LogP contribution in [0, 0.1) is 11.8 Å². The lowest BCUT2D eigenvalue weighted by Crippen LogP contribution is -2.41. The highest BCUT2D eigenvalue weighted by atomic mass is 19.4. The fraction of sp³-hybridized carbons (Fsp3) is 0.571. The normalized spacial score (nSPS) is 21.7. The van der Waals surface area contributed by atoms with Gasteiger partial charge in [-0.25, -0.2) is 4.98 Å². The Balaban J connectivity index is 1.42. The molecule has 0 radical (unpaired) electrons. The largest absolute Gasteiger partial charge is 0.421 e. The van der Waals surface area contributed by atoms with Gasteiger partial charge in [-0.2, -0.15) is 18.2 Å². The van der Waals surface area contributed by atoms with Crippen molar-refractivity contribution in [1.29, 1.82) is 0 Å². The molecule has 4 rings (SSSR count). The van der Waals surface area contributed by atoms with Gasteiger partial charge in [0.05, 0.1) is 5.92 Å². The first-order valence-electron chi connectivity index (χ1n) is 13.8. The average Bonchev–Trinajstić information content (AvgIpc) is 3.35. The van der Waals surface area contributed by atoms with Gasteiger partial charge in [0.2, 0.25) is 11.9 Å².